The first-order valence-corrected chi connectivity index (χ1v) is 14.8. The Bertz CT molecular complexity index is 1390. The summed E-state index contributed by atoms with van der Waals surface area (Å²) >= 11 is 0. The lowest BCUT2D eigenvalue weighted by molar-refractivity contribution is -0.242. The van der Waals surface area contributed by atoms with E-state index in [2.05, 4.69) is 15.2 Å². The molecule has 3 rings (SSSR count). The Morgan fingerprint density at radius 2 is 1.93 bits per heavy atom. The van der Waals surface area contributed by atoms with Crippen molar-refractivity contribution < 1.29 is 50.5 Å². The van der Waals surface area contributed by atoms with Crippen molar-refractivity contribution in [2.24, 2.45) is 5.92 Å². The van der Waals surface area contributed by atoms with Gasteiger partial charge < -0.3 is 19.3 Å². The summed E-state index contributed by atoms with van der Waals surface area (Å²) in [4.78, 5) is 23.9. The summed E-state index contributed by atoms with van der Waals surface area (Å²) in [5.41, 5.74) is -2.89. The SMILES string of the molecule is CCCC(CC1CN(S(=O)(=O)c2cn(CC)nc2OCC)c2cc(NC(=O)OC(C)(C)C(F)(F)F)ccc2O1)C(=O)O. The minimum absolute atomic E-state index is 0.0139. The van der Waals surface area contributed by atoms with Crippen molar-refractivity contribution in [2.75, 3.05) is 22.8 Å². The standard InChI is InChI=1S/C26H35F3N4O8S/c1-6-9-16(23(34)35)12-18-14-33(42(37,38)21-15-32(7-2)31-22(21)39-8-3)19-13-17(10-11-20(19)40-18)30-24(36)41-25(4,5)26(27,28)29/h10-11,13,15-16,18H,6-9,12,14H2,1-5H3,(H,30,36)(H,34,35). The first kappa shape index (κ1) is 32.8. The molecule has 1 aromatic heterocycles. The molecule has 2 aromatic rings. The first-order chi connectivity index (χ1) is 19.5. The normalized spacial score (nSPS) is 16.3. The van der Waals surface area contributed by atoms with Crippen molar-refractivity contribution in [3.05, 3.63) is 24.4 Å². The molecule has 0 saturated heterocycles. The van der Waals surface area contributed by atoms with Crippen LogP contribution >= 0.6 is 0 Å². The number of hydrogen-bond acceptors (Lipinski definition) is 8. The highest BCUT2D eigenvalue weighted by atomic mass is 32.2. The second kappa shape index (κ2) is 12.7. The number of nitrogens with zero attached hydrogens (tertiary/aromatic N) is 3. The van der Waals surface area contributed by atoms with Crippen LogP contribution in [0.15, 0.2) is 29.3 Å². The van der Waals surface area contributed by atoms with E-state index in [9.17, 15) is 36.3 Å². The molecule has 12 nitrogen and oxygen atoms in total. The zero-order valence-electron chi connectivity index (χ0n) is 23.9. The third-order valence-electron chi connectivity index (χ3n) is 6.57. The fourth-order valence-electron chi connectivity index (χ4n) is 4.26. The van der Waals surface area contributed by atoms with Gasteiger partial charge in [-0.05, 0) is 58.7 Å². The number of carboxylic acids is 1. The predicted molar refractivity (Wildman–Crippen MR) is 145 cm³/mol. The van der Waals surface area contributed by atoms with Gasteiger partial charge in [0.05, 0.1) is 24.8 Å². The van der Waals surface area contributed by atoms with Crippen LogP contribution in [0.3, 0.4) is 0 Å². The van der Waals surface area contributed by atoms with E-state index >= 15 is 0 Å². The number of aromatic nitrogens is 2. The number of aryl methyl sites for hydroxylation is 1. The van der Waals surface area contributed by atoms with Gasteiger partial charge in [0.2, 0.25) is 5.60 Å². The van der Waals surface area contributed by atoms with E-state index in [0.717, 1.165) is 4.31 Å². The molecule has 0 bridgehead atoms. The number of amides is 1. The van der Waals surface area contributed by atoms with Crippen molar-refractivity contribution in [1.29, 1.82) is 0 Å². The van der Waals surface area contributed by atoms with E-state index in [1.807, 2.05) is 6.92 Å². The van der Waals surface area contributed by atoms with Crippen molar-refractivity contribution in [3.8, 4) is 11.6 Å². The van der Waals surface area contributed by atoms with Crippen molar-refractivity contribution in [2.45, 2.75) is 83.2 Å². The van der Waals surface area contributed by atoms with Gasteiger partial charge in [0.25, 0.3) is 15.9 Å². The highest BCUT2D eigenvalue weighted by Gasteiger charge is 2.51. The van der Waals surface area contributed by atoms with Crippen molar-refractivity contribution >= 4 is 33.5 Å². The highest BCUT2D eigenvalue weighted by Crippen LogP contribution is 2.41. The van der Waals surface area contributed by atoms with Gasteiger partial charge in [-0.3, -0.25) is 19.1 Å². The number of halogens is 3. The van der Waals surface area contributed by atoms with Crippen molar-refractivity contribution in [1.82, 2.24) is 9.78 Å². The van der Waals surface area contributed by atoms with Crippen LogP contribution in [-0.2, 0) is 26.1 Å². The molecule has 42 heavy (non-hydrogen) atoms. The largest absolute Gasteiger partial charge is 0.486 e. The predicted octanol–water partition coefficient (Wildman–Crippen LogP) is 5.04. The number of carbonyl (C=O) groups is 2. The summed E-state index contributed by atoms with van der Waals surface area (Å²) in [7, 11) is -4.41. The zero-order chi connectivity index (χ0) is 31.5. The number of anilines is 2. The Morgan fingerprint density at radius 3 is 2.50 bits per heavy atom. The number of hydrogen-bond donors (Lipinski definition) is 2. The monoisotopic (exact) mass is 620 g/mol. The molecule has 234 valence electrons. The number of carboxylic acid groups (broad SMARTS) is 1. The van der Waals surface area contributed by atoms with Crippen LogP contribution in [0.25, 0.3) is 0 Å². The van der Waals surface area contributed by atoms with E-state index in [0.29, 0.717) is 33.2 Å². The summed E-state index contributed by atoms with van der Waals surface area (Å²) < 4.78 is 86.2. The molecule has 0 aliphatic carbocycles. The minimum atomic E-state index is -4.83. The Labute approximate surface area is 241 Å². The molecule has 2 N–H and O–H groups in total. The van der Waals surface area contributed by atoms with Gasteiger partial charge in [-0.25, -0.2) is 13.2 Å². The molecule has 16 heteroatoms. The van der Waals surface area contributed by atoms with E-state index < -0.39 is 45.9 Å². The molecule has 1 aliphatic heterocycles. The number of ether oxygens (including phenoxy) is 3. The number of aliphatic carboxylic acids is 1. The van der Waals surface area contributed by atoms with E-state index in [4.69, 9.17) is 9.47 Å². The summed E-state index contributed by atoms with van der Waals surface area (Å²) in [5.74, 6) is -1.90. The summed E-state index contributed by atoms with van der Waals surface area (Å²) in [5, 5.41) is 16.0. The molecular weight excluding hydrogens is 585 g/mol. The summed E-state index contributed by atoms with van der Waals surface area (Å²) in [6.45, 7) is 6.83. The van der Waals surface area contributed by atoms with Gasteiger partial charge in [0.15, 0.2) is 4.90 Å². The van der Waals surface area contributed by atoms with E-state index in [1.165, 1.54) is 29.1 Å². The lowest BCUT2D eigenvalue weighted by Gasteiger charge is -2.36. The third kappa shape index (κ3) is 7.20. The summed E-state index contributed by atoms with van der Waals surface area (Å²) in [6, 6.07) is 3.86. The molecule has 2 unspecified atom stereocenters. The molecule has 1 aliphatic rings. The Kier molecular flexibility index (Phi) is 9.90. The molecule has 1 aromatic carbocycles. The topological polar surface area (TPSA) is 149 Å². The van der Waals surface area contributed by atoms with Gasteiger partial charge in [-0.1, -0.05) is 13.3 Å². The zero-order valence-corrected chi connectivity index (χ0v) is 24.7. The van der Waals surface area contributed by atoms with Gasteiger partial charge in [-0.2, -0.15) is 13.2 Å². The number of carbonyl (C=O) groups excluding carboxylic acids is 1. The number of alkyl halides is 3. The highest BCUT2D eigenvalue weighted by molar-refractivity contribution is 7.93. The van der Waals surface area contributed by atoms with Gasteiger partial charge in [0, 0.05) is 18.4 Å². The Hall–Kier alpha value is -3.69. The number of rotatable bonds is 12. The average molecular weight is 621 g/mol. The van der Waals surface area contributed by atoms with Gasteiger partial charge >= 0.3 is 18.2 Å². The molecule has 0 radical (unpaired) electrons. The van der Waals surface area contributed by atoms with Gasteiger partial charge in [-0.15, -0.1) is 5.10 Å². The summed E-state index contributed by atoms with van der Waals surface area (Å²) in [6.07, 6.45) is -4.83. The van der Waals surface area contributed by atoms with Crippen LogP contribution < -0.4 is 19.1 Å². The maximum Gasteiger partial charge on any atom is 0.427 e. The number of sulfonamides is 1. The molecule has 0 saturated carbocycles. The quantitative estimate of drug-likeness (QED) is 0.333. The molecule has 2 atom stereocenters. The van der Waals surface area contributed by atoms with Crippen LogP contribution in [0.2, 0.25) is 0 Å². The number of nitrogens with one attached hydrogen (secondary N) is 1. The van der Waals surface area contributed by atoms with Crippen LogP contribution in [0.1, 0.15) is 53.9 Å². The van der Waals surface area contributed by atoms with Gasteiger partial charge in [0.1, 0.15) is 11.9 Å². The minimum Gasteiger partial charge on any atom is -0.486 e. The fraction of sp³-hybridized carbons (Fsp3) is 0.577. The molecule has 2 heterocycles. The molecule has 1 amide bonds. The fourth-order valence-corrected chi connectivity index (χ4v) is 5.84. The second-order valence-corrected chi connectivity index (χ2v) is 12.0. The number of benzene rings is 1. The molecule has 0 fully saturated rings. The first-order valence-electron chi connectivity index (χ1n) is 13.4. The van der Waals surface area contributed by atoms with E-state index in [-0.39, 0.29) is 47.5 Å². The Balaban J connectivity index is 2.04. The van der Waals surface area contributed by atoms with Crippen LogP contribution in [-0.4, -0.2) is 66.4 Å². The molecule has 0 spiro atoms. The average Bonchev–Trinajstić information content (AvgIpc) is 3.31. The van der Waals surface area contributed by atoms with E-state index in [1.54, 1.807) is 13.8 Å². The van der Waals surface area contributed by atoms with Crippen molar-refractivity contribution in [3.63, 3.8) is 0 Å². The number of fused-ring (bicyclic) bond motifs is 1. The molecular formula is C26H35F3N4O8S. The smallest absolute Gasteiger partial charge is 0.427 e. The second-order valence-electron chi connectivity index (χ2n) is 10.1. The third-order valence-corrected chi connectivity index (χ3v) is 8.33. The maximum absolute atomic E-state index is 14.1. The lowest BCUT2D eigenvalue weighted by Crippen LogP contribution is -2.45. The van der Waals surface area contributed by atoms with Crippen LogP contribution in [0.5, 0.6) is 11.6 Å². The van der Waals surface area contributed by atoms with Crippen LogP contribution in [0.4, 0.5) is 29.3 Å². The lowest BCUT2D eigenvalue weighted by atomic mass is 9.96. The van der Waals surface area contributed by atoms with Crippen LogP contribution in [0, 0.1) is 5.92 Å². The Morgan fingerprint density at radius 1 is 1.24 bits per heavy atom. The maximum atomic E-state index is 14.1.